The molecule has 0 bridgehead atoms. The fourth-order valence-electron chi connectivity index (χ4n) is 9.26. The molecule has 4 heteroatoms. The second kappa shape index (κ2) is 13.4. The van der Waals surface area contributed by atoms with E-state index < -0.39 is 0 Å². The highest BCUT2D eigenvalue weighted by atomic mass is 15.0. The van der Waals surface area contributed by atoms with Crippen molar-refractivity contribution in [2.45, 2.75) is 0 Å². The third-order valence-corrected chi connectivity index (χ3v) is 12.1. The Balaban J connectivity index is 0.999. The highest BCUT2D eigenvalue weighted by molar-refractivity contribution is 6.37. The molecule has 0 fully saturated rings. The molecule has 12 aromatic rings. The van der Waals surface area contributed by atoms with E-state index in [0.717, 1.165) is 27.8 Å². The molecule has 276 valence electrons. The first-order valence-corrected chi connectivity index (χ1v) is 20.2. The number of rotatable bonds is 5. The summed E-state index contributed by atoms with van der Waals surface area (Å²) in [6.45, 7) is 0. The Morgan fingerprint density at radius 3 is 1.43 bits per heavy atom. The van der Waals surface area contributed by atoms with Crippen LogP contribution in [0.1, 0.15) is 5.56 Å². The molecule has 1 aromatic heterocycles. The van der Waals surface area contributed by atoms with E-state index in [1.165, 1.54) is 70.2 Å². The van der Waals surface area contributed by atoms with E-state index in [9.17, 15) is 5.26 Å². The molecule has 0 spiro atoms. The van der Waals surface area contributed by atoms with Crippen molar-refractivity contribution in [2.24, 2.45) is 0 Å². The molecule has 0 aliphatic carbocycles. The molecule has 0 radical (unpaired) electrons. The maximum atomic E-state index is 9.91. The number of aromatic nitrogens is 3. The summed E-state index contributed by atoms with van der Waals surface area (Å²) in [5, 5.41) is 25.2. The van der Waals surface area contributed by atoms with E-state index in [4.69, 9.17) is 15.0 Å². The van der Waals surface area contributed by atoms with Crippen molar-refractivity contribution in [3.8, 4) is 62.5 Å². The normalized spacial score (nSPS) is 11.7. The molecule has 11 aromatic carbocycles. The first kappa shape index (κ1) is 33.8. The first-order valence-electron chi connectivity index (χ1n) is 20.2. The quantitative estimate of drug-likeness (QED) is 0.164. The summed E-state index contributed by atoms with van der Waals surface area (Å²) in [4.78, 5) is 14.7. The summed E-state index contributed by atoms with van der Waals surface area (Å²) in [5.41, 5.74) is 7.41. The Morgan fingerprint density at radius 2 is 0.783 bits per heavy atom. The molecule has 4 nitrogen and oxygen atoms in total. The first-order chi connectivity index (χ1) is 29.7. The van der Waals surface area contributed by atoms with Crippen molar-refractivity contribution in [1.82, 2.24) is 15.0 Å². The van der Waals surface area contributed by atoms with Crippen LogP contribution in [0.5, 0.6) is 0 Å². The van der Waals surface area contributed by atoms with Crippen LogP contribution in [0.2, 0.25) is 0 Å². The molecule has 0 atom stereocenters. The van der Waals surface area contributed by atoms with E-state index in [2.05, 4.69) is 133 Å². The van der Waals surface area contributed by atoms with Crippen LogP contribution in [0.3, 0.4) is 0 Å². The third kappa shape index (κ3) is 5.34. The maximum Gasteiger partial charge on any atom is 0.165 e. The van der Waals surface area contributed by atoms with E-state index in [1.807, 2.05) is 60.7 Å². The molecule has 0 aliphatic rings. The molecule has 0 amide bonds. The zero-order valence-electron chi connectivity index (χ0n) is 32.3. The standard InChI is InChI=1S/C56H32N4/c57-33-43-12-4-5-18-45(43)56-59-54(39-10-2-1-3-11-39)58-55(60-56)42-17-6-16-40(30-42)34-22-24-35(25-23-34)44-31-41-29-28-38-14-8-20-47-46-19-7-13-36-26-27-37-15-9-21-48(52(37)50(36)46)49(32-44)53(41)51(38)47/h1-32H. The lowest BCUT2D eigenvalue weighted by atomic mass is 9.86. The summed E-state index contributed by atoms with van der Waals surface area (Å²) in [7, 11) is 0. The predicted octanol–water partition coefficient (Wildman–Crippen LogP) is 14.4. The lowest BCUT2D eigenvalue weighted by molar-refractivity contribution is 1.07. The number of hydrogen-bond donors (Lipinski definition) is 0. The Kier molecular flexibility index (Phi) is 7.57. The van der Waals surface area contributed by atoms with Crippen molar-refractivity contribution in [2.75, 3.05) is 0 Å². The lowest BCUT2D eigenvalue weighted by Crippen LogP contribution is -2.01. The van der Waals surface area contributed by atoms with Gasteiger partial charge >= 0.3 is 0 Å². The molecular weight excluding hydrogens is 729 g/mol. The van der Waals surface area contributed by atoms with Gasteiger partial charge < -0.3 is 0 Å². The highest BCUT2D eigenvalue weighted by Gasteiger charge is 2.18. The molecular formula is C56H32N4. The van der Waals surface area contributed by atoms with E-state index >= 15 is 0 Å². The largest absolute Gasteiger partial charge is 0.208 e. The topological polar surface area (TPSA) is 62.5 Å². The zero-order chi connectivity index (χ0) is 39.7. The average molecular weight is 761 g/mol. The molecule has 12 rings (SSSR count). The van der Waals surface area contributed by atoms with Gasteiger partial charge in [-0.15, -0.1) is 0 Å². The Labute approximate surface area is 345 Å². The molecule has 0 aliphatic heterocycles. The minimum atomic E-state index is 0.466. The molecule has 60 heavy (non-hydrogen) atoms. The average Bonchev–Trinajstić information content (AvgIpc) is 3.32. The SMILES string of the molecule is N#Cc1ccccc1-c1nc(-c2ccccc2)nc(-c2cccc(-c3ccc(-c4cc5ccc6cccc7c8cccc9ccc%10cccc(c(c4)c5c67)c%10c98)cc3)c2)n1. The van der Waals surface area contributed by atoms with Crippen LogP contribution in [0.25, 0.3) is 121 Å². The number of fused-ring (bicyclic) bond motifs is 2. The van der Waals surface area contributed by atoms with Crippen molar-refractivity contribution in [1.29, 1.82) is 5.26 Å². The van der Waals surface area contributed by atoms with Gasteiger partial charge in [-0.25, -0.2) is 15.0 Å². The Hall–Kier alpha value is -8.26. The van der Waals surface area contributed by atoms with Crippen molar-refractivity contribution < 1.29 is 0 Å². The molecule has 1 heterocycles. The van der Waals surface area contributed by atoms with Crippen LogP contribution < -0.4 is 0 Å². The van der Waals surface area contributed by atoms with E-state index in [-0.39, 0.29) is 0 Å². The number of benzene rings is 10. The highest BCUT2D eigenvalue weighted by Crippen LogP contribution is 2.44. The van der Waals surface area contributed by atoms with E-state index in [0.29, 0.717) is 28.6 Å². The Bertz CT molecular complexity index is 3710. The molecule has 0 saturated heterocycles. The van der Waals surface area contributed by atoms with Gasteiger partial charge in [0.15, 0.2) is 17.5 Å². The smallest absolute Gasteiger partial charge is 0.165 e. The van der Waals surface area contributed by atoms with Gasteiger partial charge in [0.1, 0.15) is 0 Å². The molecule has 0 unspecified atom stereocenters. The van der Waals surface area contributed by atoms with Crippen LogP contribution >= 0.6 is 0 Å². The minimum absolute atomic E-state index is 0.466. The van der Waals surface area contributed by atoms with Gasteiger partial charge in [-0.3, -0.25) is 0 Å². The van der Waals surface area contributed by atoms with Crippen LogP contribution in [0, 0.1) is 11.3 Å². The third-order valence-electron chi connectivity index (χ3n) is 12.1. The molecule has 0 saturated carbocycles. The predicted molar refractivity (Wildman–Crippen MR) is 248 cm³/mol. The van der Waals surface area contributed by atoms with Crippen LogP contribution in [-0.2, 0) is 0 Å². The lowest BCUT2D eigenvalue weighted by Gasteiger charge is -2.17. The minimum Gasteiger partial charge on any atom is -0.208 e. The summed E-state index contributed by atoms with van der Waals surface area (Å²) in [5.74, 6) is 1.57. The summed E-state index contributed by atoms with van der Waals surface area (Å²) in [6, 6.07) is 70.9. The second-order valence-electron chi connectivity index (χ2n) is 15.5. The van der Waals surface area contributed by atoms with Crippen molar-refractivity contribution >= 4 is 64.6 Å². The second-order valence-corrected chi connectivity index (χ2v) is 15.5. The summed E-state index contributed by atoms with van der Waals surface area (Å²) in [6.07, 6.45) is 0. The fourth-order valence-corrected chi connectivity index (χ4v) is 9.26. The van der Waals surface area contributed by atoms with Gasteiger partial charge in [-0.1, -0.05) is 164 Å². The van der Waals surface area contributed by atoms with E-state index in [1.54, 1.807) is 6.07 Å². The van der Waals surface area contributed by atoms with Gasteiger partial charge in [0, 0.05) is 16.7 Å². The fraction of sp³-hybridized carbons (Fsp3) is 0. The summed E-state index contributed by atoms with van der Waals surface area (Å²) < 4.78 is 0. The van der Waals surface area contributed by atoms with Crippen LogP contribution in [0.4, 0.5) is 0 Å². The zero-order valence-corrected chi connectivity index (χ0v) is 32.3. The number of hydrogen-bond acceptors (Lipinski definition) is 4. The van der Waals surface area contributed by atoms with Crippen LogP contribution in [-0.4, -0.2) is 15.0 Å². The number of nitriles is 1. The number of nitrogens with zero attached hydrogens (tertiary/aromatic N) is 4. The molecule has 0 N–H and O–H groups in total. The van der Waals surface area contributed by atoms with Crippen LogP contribution in [0.15, 0.2) is 194 Å². The van der Waals surface area contributed by atoms with Gasteiger partial charge in [0.2, 0.25) is 0 Å². The Morgan fingerprint density at radius 1 is 0.300 bits per heavy atom. The van der Waals surface area contributed by atoms with Gasteiger partial charge in [-0.2, -0.15) is 5.26 Å². The maximum absolute atomic E-state index is 9.91. The van der Waals surface area contributed by atoms with Gasteiger partial charge in [0.05, 0.1) is 11.6 Å². The van der Waals surface area contributed by atoms with Crippen molar-refractivity contribution in [3.63, 3.8) is 0 Å². The van der Waals surface area contributed by atoms with Gasteiger partial charge in [-0.05, 0) is 117 Å². The van der Waals surface area contributed by atoms with Crippen molar-refractivity contribution in [3.05, 3.63) is 200 Å². The summed E-state index contributed by atoms with van der Waals surface area (Å²) >= 11 is 0. The van der Waals surface area contributed by atoms with Gasteiger partial charge in [0.25, 0.3) is 0 Å². The monoisotopic (exact) mass is 760 g/mol.